The highest BCUT2D eigenvalue weighted by molar-refractivity contribution is 6.08. The first-order valence-electron chi connectivity index (χ1n) is 12.3. The number of aromatic amines is 1. The maximum absolute atomic E-state index is 13.5. The Bertz CT molecular complexity index is 1290. The number of carbonyl (C=O) groups excluding carboxylic acids is 2. The molecule has 2 amide bonds. The Morgan fingerprint density at radius 1 is 0.886 bits per heavy atom. The number of fused-ring (bicyclic) bond motifs is 2. The van der Waals surface area contributed by atoms with Crippen molar-refractivity contribution < 1.29 is 19.4 Å². The second-order valence-electron chi connectivity index (χ2n) is 9.55. The van der Waals surface area contributed by atoms with E-state index < -0.39 is 0 Å². The molecule has 182 valence electrons. The van der Waals surface area contributed by atoms with Gasteiger partial charge in [-0.1, -0.05) is 6.07 Å². The van der Waals surface area contributed by atoms with Gasteiger partial charge in [0.05, 0.1) is 24.3 Å². The number of carbonyl (C=O) groups is 2. The maximum atomic E-state index is 13.5. The first-order valence-corrected chi connectivity index (χ1v) is 12.3. The van der Waals surface area contributed by atoms with Crippen molar-refractivity contribution in [1.29, 1.82) is 0 Å². The van der Waals surface area contributed by atoms with Crippen LogP contribution in [-0.4, -0.2) is 76.3 Å². The van der Waals surface area contributed by atoms with Crippen LogP contribution >= 0.6 is 0 Å². The summed E-state index contributed by atoms with van der Waals surface area (Å²) in [6.07, 6.45) is 3.10. The predicted octanol–water partition coefficient (Wildman–Crippen LogP) is 2.89. The van der Waals surface area contributed by atoms with Crippen molar-refractivity contribution in [1.82, 2.24) is 20.0 Å². The number of aromatic nitrogens is 2. The van der Waals surface area contributed by atoms with Crippen molar-refractivity contribution in [2.75, 3.05) is 44.3 Å². The van der Waals surface area contributed by atoms with Crippen LogP contribution in [0.15, 0.2) is 30.3 Å². The van der Waals surface area contributed by atoms with Crippen molar-refractivity contribution in [2.45, 2.75) is 32.4 Å². The van der Waals surface area contributed by atoms with E-state index in [1.807, 2.05) is 4.90 Å². The van der Waals surface area contributed by atoms with Gasteiger partial charge in [-0.2, -0.15) is 5.10 Å². The molecular weight excluding hydrogens is 446 g/mol. The monoisotopic (exact) mass is 475 g/mol. The molecule has 0 bridgehead atoms. The lowest BCUT2D eigenvalue weighted by atomic mass is 10.1. The number of piperidine rings is 1. The number of H-pyrrole nitrogens is 1. The van der Waals surface area contributed by atoms with Gasteiger partial charge in [0.15, 0.2) is 5.69 Å². The first-order chi connectivity index (χ1) is 17.1. The van der Waals surface area contributed by atoms with Crippen molar-refractivity contribution >= 4 is 28.4 Å². The topological polar surface area (TPSA) is 102 Å². The zero-order valence-corrected chi connectivity index (χ0v) is 19.6. The number of nitrogens with one attached hydrogen (secondary N) is 1. The number of hydrogen-bond donors (Lipinski definition) is 2. The molecule has 2 N–H and O–H groups in total. The number of amides is 2. The van der Waals surface area contributed by atoms with E-state index in [1.165, 1.54) is 6.07 Å². The van der Waals surface area contributed by atoms with Gasteiger partial charge in [-0.05, 0) is 48.6 Å². The summed E-state index contributed by atoms with van der Waals surface area (Å²) < 4.78 is 5.46. The second-order valence-corrected chi connectivity index (χ2v) is 9.55. The van der Waals surface area contributed by atoms with Crippen molar-refractivity contribution in [3.8, 4) is 5.75 Å². The second kappa shape index (κ2) is 8.88. The lowest BCUT2D eigenvalue weighted by molar-refractivity contribution is 0.0717. The molecule has 0 atom stereocenters. The van der Waals surface area contributed by atoms with Gasteiger partial charge in [-0.15, -0.1) is 0 Å². The van der Waals surface area contributed by atoms with Crippen LogP contribution in [0, 0.1) is 0 Å². The Morgan fingerprint density at radius 2 is 1.66 bits per heavy atom. The minimum absolute atomic E-state index is 0.118. The minimum atomic E-state index is -0.258. The van der Waals surface area contributed by atoms with Gasteiger partial charge in [0.25, 0.3) is 11.8 Å². The van der Waals surface area contributed by atoms with Crippen LogP contribution in [0.5, 0.6) is 5.75 Å². The Balaban J connectivity index is 1.25. The number of phenols is 1. The Morgan fingerprint density at radius 3 is 2.46 bits per heavy atom. The molecule has 9 heteroatoms. The number of aromatic hydroxyl groups is 1. The molecule has 2 fully saturated rings. The molecule has 3 aliphatic rings. The van der Waals surface area contributed by atoms with Crippen LogP contribution in [-0.2, 0) is 17.8 Å². The van der Waals surface area contributed by atoms with E-state index in [2.05, 4.69) is 33.3 Å². The standard InChI is InChI=1S/C26H29N5O4/c32-23-14-22-20(24(28-27-22)26(34)30-6-2-1-3-7-30)13-21(23)25(33)31-15-17-4-5-19(12-18(17)16-31)29-8-10-35-11-9-29/h4-5,12-14,32H,1-3,6-11,15-16H2,(H,27,28). The van der Waals surface area contributed by atoms with Gasteiger partial charge in [0.2, 0.25) is 0 Å². The van der Waals surface area contributed by atoms with Gasteiger partial charge >= 0.3 is 0 Å². The Labute approximate surface area is 203 Å². The first kappa shape index (κ1) is 21.9. The van der Waals surface area contributed by atoms with Crippen LogP contribution < -0.4 is 4.90 Å². The molecule has 3 aliphatic heterocycles. The van der Waals surface area contributed by atoms with Crippen molar-refractivity contribution in [3.05, 3.63) is 52.7 Å². The van der Waals surface area contributed by atoms with Gasteiger partial charge in [-0.3, -0.25) is 14.7 Å². The van der Waals surface area contributed by atoms with E-state index >= 15 is 0 Å². The molecule has 2 saturated heterocycles. The van der Waals surface area contributed by atoms with Crippen LogP contribution in [0.3, 0.4) is 0 Å². The summed E-state index contributed by atoms with van der Waals surface area (Å²) in [6, 6.07) is 9.44. The molecule has 3 aromatic rings. The third-order valence-corrected chi connectivity index (χ3v) is 7.33. The molecule has 0 aliphatic carbocycles. The van der Waals surface area contributed by atoms with Gasteiger partial charge in [0, 0.05) is 56.4 Å². The summed E-state index contributed by atoms with van der Waals surface area (Å²) in [7, 11) is 0. The van der Waals surface area contributed by atoms with Crippen molar-refractivity contribution in [2.24, 2.45) is 0 Å². The van der Waals surface area contributed by atoms with Crippen LogP contribution in [0.25, 0.3) is 10.9 Å². The highest BCUT2D eigenvalue weighted by Crippen LogP contribution is 2.32. The highest BCUT2D eigenvalue weighted by Gasteiger charge is 2.29. The number of phenolic OH excluding ortho intramolecular Hbond substituents is 1. The smallest absolute Gasteiger partial charge is 0.274 e. The lowest BCUT2D eigenvalue weighted by Gasteiger charge is -2.29. The molecule has 2 aromatic carbocycles. The third-order valence-electron chi connectivity index (χ3n) is 7.33. The fourth-order valence-corrected chi connectivity index (χ4v) is 5.35. The predicted molar refractivity (Wildman–Crippen MR) is 131 cm³/mol. The molecule has 4 heterocycles. The number of ether oxygens (including phenoxy) is 1. The summed E-state index contributed by atoms with van der Waals surface area (Å²) >= 11 is 0. The molecule has 1 aromatic heterocycles. The molecular formula is C26H29N5O4. The Hall–Kier alpha value is -3.59. The van der Waals surface area contributed by atoms with E-state index in [0.29, 0.717) is 29.7 Å². The zero-order valence-electron chi connectivity index (χ0n) is 19.6. The molecule has 0 unspecified atom stereocenters. The SMILES string of the molecule is O=C(c1cc2c(C(=O)N3CCCCC3)n[nH]c2cc1O)N1Cc2ccc(N3CCOCC3)cc2C1. The zero-order chi connectivity index (χ0) is 23.9. The molecule has 0 saturated carbocycles. The third kappa shape index (κ3) is 3.99. The van der Waals surface area contributed by atoms with Gasteiger partial charge in [0.1, 0.15) is 5.75 Å². The molecule has 6 rings (SSSR count). The van der Waals surface area contributed by atoms with E-state index in [1.54, 1.807) is 11.0 Å². The molecule has 0 spiro atoms. The molecule has 35 heavy (non-hydrogen) atoms. The van der Waals surface area contributed by atoms with E-state index in [4.69, 9.17) is 4.74 Å². The largest absolute Gasteiger partial charge is 0.507 e. The van der Waals surface area contributed by atoms with Gasteiger partial charge < -0.3 is 24.5 Å². The summed E-state index contributed by atoms with van der Waals surface area (Å²) in [4.78, 5) is 32.4. The minimum Gasteiger partial charge on any atom is -0.507 e. The fourth-order valence-electron chi connectivity index (χ4n) is 5.35. The van der Waals surface area contributed by atoms with E-state index in [-0.39, 0.29) is 23.1 Å². The highest BCUT2D eigenvalue weighted by atomic mass is 16.5. The number of benzene rings is 2. The van der Waals surface area contributed by atoms with Crippen molar-refractivity contribution in [3.63, 3.8) is 0 Å². The number of nitrogens with zero attached hydrogens (tertiary/aromatic N) is 4. The van der Waals surface area contributed by atoms with Crippen LogP contribution in [0.1, 0.15) is 51.2 Å². The maximum Gasteiger partial charge on any atom is 0.274 e. The summed E-state index contributed by atoms with van der Waals surface area (Å²) in [6.45, 7) is 5.57. The van der Waals surface area contributed by atoms with Gasteiger partial charge in [-0.25, -0.2) is 0 Å². The van der Waals surface area contributed by atoms with E-state index in [0.717, 1.165) is 75.5 Å². The normalized spacial score (nSPS) is 18.2. The number of rotatable bonds is 3. The lowest BCUT2D eigenvalue weighted by Crippen LogP contribution is -2.36. The fraction of sp³-hybridized carbons (Fsp3) is 0.423. The average molecular weight is 476 g/mol. The number of anilines is 1. The van der Waals surface area contributed by atoms with Crippen LogP contribution in [0.4, 0.5) is 5.69 Å². The molecule has 9 nitrogen and oxygen atoms in total. The van der Waals surface area contributed by atoms with Crippen LogP contribution in [0.2, 0.25) is 0 Å². The summed E-state index contributed by atoms with van der Waals surface area (Å²) in [5, 5.41) is 18.3. The number of morpholine rings is 1. The number of likely N-dealkylation sites (tertiary alicyclic amines) is 1. The number of hydrogen-bond acceptors (Lipinski definition) is 6. The summed E-state index contributed by atoms with van der Waals surface area (Å²) in [5.74, 6) is -0.511. The molecule has 0 radical (unpaired) electrons. The Kier molecular flexibility index (Phi) is 5.56. The average Bonchev–Trinajstić information content (AvgIpc) is 3.52. The summed E-state index contributed by atoms with van der Waals surface area (Å²) in [5.41, 5.74) is 4.40. The quantitative estimate of drug-likeness (QED) is 0.604. The van der Waals surface area contributed by atoms with E-state index in [9.17, 15) is 14.7 Å².